The van der Waals surface area contributed by atoms with Gasteiger partial charge < -0.3 is 10.1 Å². The average Bonchev–Trinajstić information content (AvgIpc) is 2.39. The van der Waals surface area contributed by atoms with Gasteiger partial charge in [0.05, 0.1) is 12.7 Å². The molecule has 2 rings (SSSR count). The van der Waals surface area contributed by atoms with Crippen LogP contribution < -0.4 is 5.32 Å². The molecule has 2 heteroatoms. The van der Waals surface area contributed by atoms with Crippen LogP contribution in [0, 0.1) is 5.92 Å². The SMILES string of the molecule is CNC(COC(C)C)C1CCc2ccccc2C1. The van der Waals surface area contributed by atoms with Gasteiger partial charge in [-0.05, 0) is 57.2 Å². The van der Waals surface area contributed by atoms with Gasteiger partial charge in [-0.25, -0.2) is 0 Å². The summed E-state index contributed by atoms with van der Waals surface area (Å²) in [5.41, 5.74) is 3.06. The first-order valence-corrected chi connectivity index (χ1v) is 7.06. The van der Waals surface area contributed by atoms with Gasteiger partial charge in [-0.2, -0.15) is 0 Å². The van der Waals surface area contributed by atoms with E-state index in [1.165, 1.54) is 30.4 Å². The maximum Gasteiger partial charge on any atom is 0.0625 e. The van der Waals surface area contributed by atoms with Gasteiger partial charge in [-0.3, -0.25) is 0 Å². The van der Waals surface area contributed by atoms with E-state index in [4.69, 9.17) is 4.74 Å². The summed E-state index contributed by atoms with van der Waals surface area (Å²) in [7, 11) is 2.05. The summed E-state index contributed by atoms with van der Waals surface area (Å²) in [5, 5.41) is 3.43. The Morgan fingerprint density at radius 3 is 2.67 bits per heavy atom. The largest absolute Gasteiger partial charge is 0.377 e. The summed E-state index contributed by atoms with van der Waals surface area (Å²) < 4.78 is 5.77. The molecule has 0 spiro atoms. The molecule has 0 heterocycles. The molecule has 1 aliphatic rings. The van der Waals surface area contributed by atoms with Crippen molar-refractivity contribution in [2.24, 2.45) is 5.92 Å². The van der Waals surface area contributed by atoms with E-state index in [0.717, 1.165) is 6.61 Å². The minimum atomic E-state index is 0.316. The molecule has 2 nitrogen and oxygen atoms in total. The van der Waals surface area contributed by atoms with E-state index < -0.39 is 0 Å². The first kappa shape index (κ1) is 13.6. The van der Waals surface area contributed by atoms with Gasteiger partial charge in [0.25, 0.3) is 0 Å². The number of nitrogens with one attached hydrogen (secondary N) is 1. The number of aryl methyl sites for hydroxylation is 1. The Hall–Kier alpha value is -0.860. The quantitative estimate of drug-likeness (QED) is 0.864. The van der Waals surface area contributed by atoms with E-state index >= 15 is 0 Å². The zero-order valence-corrected chi connectivity index (χ0v) is 11.8. The first-order chi connectivity index (χ1) is 8.70. The van der Waals surface area contributed by atoms with Gasteiger partial charge in [0, 0.05) is 6.04 Å². The van der Waals surface area contributed by atoms with Crippen LogP contribution in [0.1, 0.15) is 31.4 Å². The molecule has 0 saturated carbocycles. The zero-order chi connectivity index (χ0) is 13.0. The number of hydrogen-bond acceptors (Lipinski definition) is 2. The van der Waals surface area contributed by atoms with Crippen LogP contribution in [0.2, 0.25) is 0 Å². The second-order valence-corrected chi connectivity index (χ2v) is 5.55. The van der Waals surface area contributed by atoms with Gasteiger partial charge >= 0.3 is 0 Å². The number of fused-ring (bicyclic) bond motifs is 1. The predicted octanol–water partition coefficient (Wildman–Crippen LogP) is 2.80. The second kappa shape index (κ2) is 6.35. The van der Waals surface area contributed by atoms with E-state index in [1.54, 1.807) is 0 Å². The van der Waals surface area contributed by atoms with Crippen molar-refractivity contribution in [3.63, 3.8) is 0 Å². The maximum absolute atomic E-state index is 5.77. The molecule has 0 fully saturated rings. The molecule has 2 unspecified atom stereocenters. The topological polar surface area (TPSA) is 21.3 Å². The Labute approximate surface area is 111 Å². The normalized spacial score (nSPS) is 20.8. The number of hydrogen-bond donors (Lipinski definition) is 1. The van der Waals surface area contributed by atoms with Crippen molar-refractivity contribution in [1.29, 1.82) is 0 Å². The fourth-order valence-electron chi connectivity index (χ4n) is 2.82. The van der Waals surface area contributed by atoms with Crippen molar-refractivity contribution in [2.75, 3.05) is 13.7 Å². The highest BCUT2D eigenvalue weighted by atomic mass is 16.5. The molecule has 0 bridgehead atoms. The predicted molar refractivity (Wildman–Crippen MR) is 75.9 cm³/mol. The van der Waals surface area contributed by atoms with Crippen LogP contribution in [0.3, 0.4) is 0 Å². The average molecular weight is 247 g/mol. The van der Waals surface area contributed by atoms with Crippen LogP contribution >= 0.6 is 0 Å². The lowest BCUT2D eigenvalue weighted by molar-refractivity contribution is 0.0481. The molecule has 100 valence electrons. The summed E-state index contributed by atoms with van der Waals surface area (Å²) >= 11 is 0. The Balaban J connectivity index is 1.98. The van der Waals surface area contributed by atoms with Crippen molar-refractivity contribution >= 4 is 0 Å². The van der Waals surface area contributed by atoms with Crippen LogP contribution in [0.4, 0.5) is 0 Å². The number of benzene rings is 1. The molecule has 0 aliphatic heterocycles. The molecule has 0 amide bonds. The Bertz CT molecular complexity index is 375. The standard InChI is InChI=1S/C16H25NO/c1-12(2)18-11-16(17-3)15-9-8-13-6-4-5-7-14(13)10-15/h4-7,12,15-17H,8-11H2,1-3H3. The molecular weight excluding hydrogens is 222 g/mol. The van der Waals surface area contributed by atoms with Gasteiger partial charge in [-0.1, -0.05) is 24.3 Å². The molecule has 0 saturated heterocycles. The molecular formula is C16H25NO. The Morgan fingerprint density at radius 1 is 1.28 bits per heavy atom. The molecule has 18 heavy (non-hydrogen) atoms. The summed E-state index contributed by atoms with van der Waals surface area (Å²) in [6.07, 6.45) is 3.98. The Morgan fingerprint density at radius 2 is 2.00 bits per heavy atom. The van der Waals surface area contributed by atoms with Crippen molar-refractivity contribution in [2.45, 2.75) is 45.3 Å². The lowest BCUT2D eigenvalue weighted by Crippen LogP contribution is -2.41. The molecule has 1 aromatic carbocycles. The number of ether oxygens (including phenoxy) is 1. The Kier molecular flexibility index (Phi) is 4.79. The van der Waals surface area contributed by atoms with E-state index in [9.17, 15) is 0 Å². The summed E-state index contributed by atoms with van der Waals surface area (Å²) in [5.74, 6) is 0.698. The third kappa shape index (κ3) is 3.33. The second-order valence-electron chi connectivity index (χ2n) is 5.55. The van der Waals surface area contributed by atoms with Crippen LogP contribution in [0.25, 0.3) is 0 Å². The lowest BCUT2D eigenvalue weighted by Gasteiger charge is -2.31. The van der Waals surface area contributed by atoms with E-state index in [1.807, 2.05) is 0 Å². The highest BCUT2D eigenvalue weighted by Gasteiger charge is 2.25. The molecule has 1 N–H and O–H groups in total. The monoisotopic (exact) mass is 247 g/mol. The third-order valence-corrected chi connectivity index (χ3v) is 3.93. The maximum atomic E-state index is 5.77. The fourth-order valence-corrected chi connectivity index (χ4v) is 2.82. The third-order valence-electron chi connectivity index (χ3n) is 3.93. The first-order valence-electron chi connectivity index (χ1n) is 7.06. The van der Waals surface area contributed by atoms with Crippen molar-refractivity contribution in [1.82, 2.24) is 5.32 Å². The van der Waals surface area contributed by atoms with Crippen molar-refractivity contribution in [3.8, 4) is 0 Å². The summed E-state index contributed by atoms with van der Waals surface area (Å²) in [6, 6.07) is 9.32. The van der Waals surface area contributed by atoms with Crippen LogP contribution in [0.15, 0.2) is 24.3 Å². The highest BCUT2D eigenvalue weighted by Crippen LogP contribution is 2.27. The lowest BCUT2D eigenvalue weighted by atomic mass is 9.80. The van der Waals surface area contributed by atoms with Gasteiger partial charge in [-0.15, -0.1) is 0 Å². The van der Waals surface area contributed by atoms with Gasteiger partial charge in [0.15, 0.2) is 0 Å². The smallest absolute Gasteiger partial charge is 0.0625 e. The number of likely N-dealkylation sites (N-methyl/N-ethyl adjacent to an activating group) is 1. The van der Waals surface area contributed by atoms with Gasteiger partial charge in [0.1, 0.15) is 0 Å². The zero-order valence-electron chi connectivity index (χ0n) is 11.8. The van der Waals surface area contributed by atoms with Crippen LogP contribution in [0.5, 0.6) is 0 Å². The molecule has 0 radical (unpaired) electrons. The van der Waals surface area contributed by atoms with Crippen LogP contribution in [-0.2, 0) is 17.6 Å². The fraction of sp³-hybridized carbons (Fsp3) is 0.625. The van der Waals surface area contributed by atoms with Crippen LogP contribution in [-0.4, -0.2) is 25.8 Å². The molecule has 2 atom stereocenters. The minimum absolute atomic E-state index is 0.316. The molecule has 0 aromatic heterocycles. The minimum Gasteiger partial charge on any atom is -0.377 e. The van der Waals surface area contributed by atoms with Crippen molar-refractivity contribution < 1.29 is 4.74 Å². The summed E-state index contributed by atoms with van der Waals surface area (Å²) in [6.45, 7) is 5.02. The summed E-state index contributed by atoms with van der Waals surface area (Å²) in [4.78, 5) is 0. The molecule has 1 aliphatic carbocycles. The number of rotatable bonds is 5. The van der Waals surface area contributed by atoms with E-state index in [-0.39, 0.29) is 0 Å². The van der Waals surface area contributed by atoms with E-state index in [0.29, 0.717) is 18.1 Å². The highest BCUT2D eigenvalue weighted by molar-refractivity contribution is 5.30. The van der Waals surface area contributed by atoms with E-state index in [2.05, 4.69) is 50.5 Å². The van der Waals surface area contributed by atoms with Crippen molar-refractivity contribution in [3.05, 3.63) is 35.4 Å². The van der Waals surface area contributed by atoms with Gasteiger partial charge in [0.2, 0.25) is 0 Å². The molecule has 1 aromatic rings.